The number of aliphatic carboxylic acids is 1. The maximum atomic E-state index is 12.9. The minimum absolute atomic E-state index is 0.111. The molecule has 0 radical (unpaired) electrons. The summed E-state index contributed by atoms with van der Waals surface area (Å²) in [5, 5.41) is 8.64. The van der Waals surface area contributed by atoms with Crippen molar-refractivity contribution in [2.75, 3.05) is 13.1 Å². The third-order valence-corrected chi connectivity index (χ3v) is 6.57. The third kappa shape index (κ3) is 4.40. The Balaban J connectivity index is 1.70. The van der Waals surface area contributed by atoms with Crippen molar-refractivity contribution in [2.24, 2.45) is 0 Å². The van der Waals surface area contributed by atoms with Crippen LogP contribution < -0.4 is 0 Å². The monoisotopic (exact) mass is 388 g/mol. The number of hydrogen-bond donors (Lipinski definition) is 1. The molecule has 3 rings (SSSR count). The first-order chi connectivity index (χ1) is 12.9. The lowest BCUT2D eigenvalue weighted by molar-refractivity contribution is -0.136. The number of carboxylic acid groups (broad SMARTS) is 1. The Morgan fingerprint density at radius 2 is 1.89 bits per heavy atom. The fourth-order valence-corrected chi connectivity index (χ4v) is 4.66. The predicted octanol–water partition coefficient (Wildman–Crippen LogP) is 2.31. The van der Waals surface area contributed by atoms with E-state index in [1.165, 1.54) is 28.6 Å². The number of sulfonamides is 1. The van der Waals surface area contributed by atoms with Gasteiger partial charge in [-0.15, -0.1) is 0 Å². The molecule has 1 unspecified atom stereocenters. The van der Waals surface area contributed by atoms with Crippen LogP contribution in [0.4, 0.5) is 0 Å². The van der Waals surface area contributed by atoms with Gasteiger partial charge in [0.15, 0.2) is 5.78 Å². The second-order valence-electron chi connectivity index (χ2n) is 6.48. The second-order valence-corrected chi connectivity index (χ2v) is 8.41. The number of nitrogens with zero attached hydrogens (tertiary/aromatic N) is 2. The van der Waals surface area contributed by atoms with Gasteiger partial charge < -0.3 is 5.11 Å². The molecule has 2 aromatic rings. The fraction of sp³-hybridized carbons (Fsp3) is 0.316. The summed E-state index contributed by atoms with van der Waals surface area (Å²) in [6, 6.07) is 9.47. The van der Waals surface area contributed by atoms with E-state index in [4.69, 9.17) is 5.11 Å². The molecule has 1 aliphatic heterocycles. The molecule has 0 aliphatic carbocycles. The summed E-state index contributed by atoms with van der Waals surface area (Å²) in [7, 11) is -3.64. The van der Waals surface area contributed by atoms with Crippen LogP contribution in [-0.4, -0.2) is 47.7 Å². The molecule has 0 saturated carbocycles. The standard InChI is InChI=1S/C19H20N2O5S/c22-18(7-8-19(23)24)14-3-5-17(6-4-14)27(25,26)21-11-9-16(13-21)15-2-1-10-20-12-15/h1-6,10,12,16H,7-9,11,13H2,(H,23,24). The number of carbonyl (C=O) groups excluding carboxylic acids is 1. The van der Waals surface area contributed by atoms with Crippen LogP contribution in [-0.2, 0) is 14.8 Å². The van der Waals surface area contributed by atoms with E-state index in [9.17, 15) is 18.0 Å². The van der Waals surface area contributed by atoms with Gasteiger partial charge in [-0.05, 0) is 30.2 Å². The molecule has 7 nitrogen and oxygen atoms in total. The van der Waals surface area contributed by atoms with Gasteiger partial charge in [0.2, 0.25) is 10.0 Å². The summed E-state index contributed by atoms with van der Waals surface area (Å²) < 4.78 is 27.2. The van der Waals surface area contributed by atoms with Crippen molar-refractivity contribution >= 4 is 21.8 Å². The molecule has 1 atom stereocenters. The van der Waals surface area contributed by atoms with Gasteiger partial charge >= 0.3 is 5.97 Å². The number of rotatable bonds is 7. The topological polar surface area (TPSA) is 105 Å². The normalized spacial score (nSPS) is 17.7. The van der Waals surface area contributed by atoms with E-state index in [2.05, 4.69) is 4.98 Å². The Morgan fingerprint density at radius 3 is 2.52 bits per heavy atom. The van der Waals surface area contributed by atoms with Gasteiger partial charge in [0.05, 0.1) is 11.3 Å². The molecule has 1 aromatic carbocycles. The Kier molecular flexibility index (Phi) is 5.67. The fourth-order valence-electron chi connectivity index (χ4n) is 3.16. The second kappa shape index (κ2) is 7.98. The molecule has 142 valence electrons. The summed E-state index contributed by atoms with van der Waals surface area (Å²) in [6.07, 6.45) is 3.82. The number of pyridine rings is 1. The van der Waals surface area contributed by atoms with Crippen LogP contribution in [0.3, 0.4) is 0 Å². The molecule has 27 heavy (non-hydrogen) atoms. The van der Waals surface area contributed by atoms with Crippen molar-refractivity contribution in [2.45, 2.75) is 30.1 Å². The molecule has 2 heterocycles. The van der Waals surface area contributed by atoms with Gasteiger partial charge in [-0.3, -0.25) is 14.6 Å². The molecule has 0 amide bonds. The highest BCUT2D eigenvalue weighted by Crippen LogP contribution is 2.30. The van der Waals surface area contributed by atoms with Crippen LogP contribution in [0.25, 0.3) is 0 Å². The average molecular weight is 388 g/mol. The van der Waals surface area contributed by atoms with Crippen LogP contribution >= 0.6 is 0 Å². The molecular weight excluding hydrogens is 368 g/mol. The molecule has 1 saturated heterocycles. The van der Waals surface area contributed by atoms with E-state index in [1.807, 2.05) is 12.1 Å². The van der Waals surface area contributed by atoms with Crippen LogP contribution in [0.5, 0.6) is 0 Å². The number of carbonyl (C=O) groups is 2. The lowest BCUT2D eigenvalue weighted by atomic mass is 10.0. The Hall–Kier alpha value is -2.58. The van der Waals surface area contributed by atoms with Gasteiger partial charge in [0.25, 0.3) is 0 Å². The molecule has 0 bridgehead atoms. The predicted molar refractivity (Wildman–Crippen MR) is 98.0 cm³/mol. The van der Waals surface area contributed by atoms with Crippen molar-refractivity contribution in [3.05, 3.63) is 59.9 Å². The minimum atomic E-state index is -3.64. The summed E-state index contributed by atoms with van der Waals surface area (Å²) in [4.78, 5) is 26.7. The summed E-state index contributed by atoms with van der Waals surface area (Å²) >= 11 is 0. The number of ketones is 1. The molecule has 1 fully saturated rings. The van der Waals surface area contributed by atoms with Crippen LogP contribution in [0.1, 0.15) is 41.1 Å². The van der Waals surface area contributed by atoms with Crippen molar-refractivity contribution in [3.8, 4) is 0 Å². The Morgan fingerprint density at radius 1 is 1.15 bits per heavy atom. The van der Waals surface area contributed by atoms with Gasteiger partial charge in [0.1, 0.15) is 0 Å². The lowest BCUT2D eigenvalue weighted by Crippen LogP contribution is -2.28. The van der Waals surface area contributed by atoms with Gasteiger partial charge in [-0.2, -0.15) is 4.31 Å². The van der Waals surface area contributed by atoms with Crippen molar-refractivity contribution in [3.63, 3.8) is 0 Å². The van der Waals surface area contributed by atoms with Gasteiger partial charge in [0, 0.05) is 43.4 Å². The van der Waals surface area contributed by atoms with Gasteiger partial charge in [-0.1, -0.05) is 18.2 Å². The lowest BCUT2D eigenvalue weighted by Gasteiger charge is -2.17. The molecular formula is C19H20N2O5S. The number of aromatic nitrogens is 1. The van der Waals surface area contributed by atoms with Crippen LogP contribution in [0, 0.1) is 0 Å². The molecule has 1 aromatic heterocycles. The number of carboxylic acids is 1. The molecule has 8 heteroatoms. The van der Waals surface area contributed by atoms with Crippen molar-refractivity contribution < 1.29 is 23.1 Å². The number of Topliss-reactive ketones (excluding diaryl/α,β-unsaturated/α-hetero) is 1. The summed E-state index contributed by atoms with van der Waals surface area (Å²) in [6.45, 7) is 0.828. The largest absolute Gasteiger partial charge is 0.481 e. The number of benzene rings is 1. The van der Waals surface area contributed by atoms with E-state index >= 15 is 0 Å². The number of hydrogen-bond acceptors (Lipinski definition) is 5. The Labute approximate surface area is 157 Å². The van der Waals surface area contributed by atoms with E-state index in [0.29, 0.717) is 18.7 Å². The highest BCUT2D eigenvalue weighted by Gasteiger charge is 2.33. The van der Waals surface area contributed by atoms with E-state index in [-0.39, 0.29) is 29.4 Å². The first kappa shape index (κ1) is 19.2. The van der Waals surface area contributed by atoms with E-state index in [1.54, 1.807) is 12.4 Å². The maximum Gasteiger partial charge on any atom is 0.303 e. The van der Waals surface area contributed by atoms with Crippen LogP contribution in [0.2, 0.25) is 0 Å². The summed E-state index contributed by atoms with van der Waals surface area (Å²) in [5.74, 6) is -1.25. The highest BCUT2D eigenvalue weighted by molar-refractivity contribution is 7.89. The average Bonchev–Trinajstić information content (AvgIpc) is 3.18. The maximum absolute atomic E-state index is 12.9. The minimum Gasteiger partial charge on any atom is -0.481 e. The Bertz CT molecular complexity index is 926. The molecule has 0 spiro atoms. The first-order valence-electron chi connectivity index (χ1n) is 8.63. The zero-order valence-electron chi connectivity index (χ0n) is 14.6. The van der Waals surface area contributed by atoms with Gasteiger partial charge in [-0.25, -0.2) is 8.42 Å². The van der Waals surface area contributed by atoms with E-state index in [0.717, 1.165) is 12.0 Å². The quantitative estimate of drug-likeness (QED) is 0.730. The highest BCUT2D eigenvalue weighted by atomic mass is 32.2. The third-order valence-electron chi connectivity index (χ3n) is 4.69. The summed E-state index contributed by atoms with van der Waals surface area (Å²) in [5.41, 5.74) is 1.33. The molecule has 1 N–H and O–H groups in total. The van der Waals surface area contributed by atoms with Crippen LogP contribution in [0.15, 0.2) is 53.7 Å². The SMILES string of the molecule is O=C(O)CCC(=O)c1ccc(S(=O)(=O)N2CCC(c3cccnc3)C2)cc1. The zero-order valence-corrected chi connectivity index (χ0v) is 15.4. The first-order valence-corrected chi connectivity index (χ1v) is 10.1. The smallest absolute Gasteiger partial charge is 0.303 e. The van der Waals surface area contributed by atoms with E-state index < -0.39 is 16.0 Å². The zero-order chi connectivity index (χ0) is 19.4. The molecule has 1 aliphatic rings. The van der Waals surface area contributed by atoms with Crippen molar-refractivity contribution in [1.82, 2.24) is 9.29 Å². The van der Waals surface area contributed by atoms with Crippen molar-refractivity contribution in [1.29, 1.82) is 0 Å².